The largest absolute Gasteiger partial charge is 0.377 e. The summed E-state index contributed by atoms with van der Waals surface area (Å²) in [6.07, 6.45) is 2.70. The van der Waals surface area contributed by atoms with Crippen LogP contribution in [-0.4, -0.2) is 49.4 Å². The zero-order valence-corrected chi connectivity index (χ0v) is 13.4. The lowest BCUT2D eigenvalue weighted by Crippen LogP contribution is -2.44. The first-order valence-electron chi connectivity index (χ1n) is 6.60. The van der Waals surface area contributed by atoms with Gasteiger partial charge in [0.25, 0.3) is 0 Å². The van der Waals surface area contributed by atoms with E-state index in [2.05, 4.69) is 9.88 Å². The molecule has 1 atom stereocenters. The van der Waals surface area contributed by atoms with Gasteiger partial charge in [0.2, 0.25) is 10.0 Å². The molecule has 3 heterocycles. The molecule has 0 amide bonds. The van der Waals surface area contributed by atoms with E-state index in [0.29, 0.717) is 31.1 Å². The SMILES string of the molecule is C[C@@H]1COCCN1c1nc(Cl)cc2c1ccn2S(C)(=O)=O. The molecule has 0 saturated carbocycles. The van der Waals surface area contributed by atoms with Crippen LogP contribution in [0.25, 0.3) is 10.9 Å². The molecule has 3 rings (SSSR count). The zero-order chi connectivity index (χ0) is 15.2. The fourth-order valence-corrected chi connectivity index (χ4v) is 3.59. The van der Waals surface area contributed by atoms with Crippen LogP contribution in [0, 0.1) is 0 Å². The van der Waals surface area contributed by atoms with E-state index in [-0.39, 0.29) is 11.2 Å². The Labute approximate surface area is 128 Å². The van der Waals surface area contributed by atoms with Gasteiger partial charge in [-0.1, -0.05) is 11.6 Å². The van der Waals surface area contributed by atoms with Crippen LogP contribution in [0.4, 0.5) is 5.82 Å². The van der Waals surface area contributed by atoms with Gasteiger partial charge in [-0.15, -0.1) is 0 Å². The number of rotatable bonds is 2. The lowest BCUT2D eigenvalue weighted by molar-refractivity contribution is 0.0987. The predicted octanol–water partition coefficient (Wildman–Crippen LogP) is 1.72. The van der Waals surface area contributed by atoms with E-state index >= 15 is 0 Å². The van der Waals surface area contributed by atoms with Crippen LogP contribution in [-0.2, 0) is 14.8 Å². The highest BCUT2D eigenvalue weighted by Gasteiger charge is 2.24. The van der Waals surface area contributed by atoms with Crippen molar-refractivity contribution in [2.24, 2.45) is 0 Å². The minimum Gasteiger partial charge on any atom is -0.377 e. The Morgan fingerprint density at radius 2 is 2.24 bits per heavy atom. The van der Waals surface area contributed by atoms with E-state index in [0.717, 1.165) is 11.6 Å². The maximum atomic E-state index is 11.8. The van der Waals surface area contributed by atoms with Gasteiger partial charge in [-0.25, -0.2) is 17.4 Å². The number of anilines is 1. The van der Waals surface area contributed by atoms with Crippen molar-refractivity contribution in [2.75, 3.05) is 30.9 Å². The number of nitrogens with zero attached hydrogens (tertiary/aromatic N) is 3. The summed E-state index contributed by atoms with van der Waals surface area (Å²) in [5, 5.41) is 1.05. The fourth-order valence-electron chi connectivity index (χ4n) is 2.61. The molecule has 0 aromatic carbocycles. The van der Waals surface area contributed by atoms with Gasteiger partial charge in [-0.3, -0.25) is 0 Å². The van der Waals surface area contributed by atoms with Gasteiger partial charge in [0.05, 0.1) is 31.0 Å². The standard InChI is InChI=1S/C13H16ClN3O3S/c1-9-8-20-6-5-16(9)13-10-3-4-17(21(2,18)19)11(10)7-12(14)15-13/h3-4,7,9H,5-6,8H2,1-2H3/t9-/m1/s1. The number of halogens is 1. The molecule has 0 radical (unpaired) electrons. The number of ether oxygens (including phenoxy) is 1. The number of fused-ring (bicyclic) bond motifs is 1. The molecule has 0 spiro atoms. The van der Waals surface area contributed by atoms with Crippen molar-refractivity contribution in [3.63, 3.8) is 0 Å². The number of aromatic nitrogens is 2. The molecular formula is C13H16ClN3O3S. The summed E-state index contributed by atoms with van der Waals surface area (Å²) in [6.45, 7) is 3.98. The molecule has 1 fully saturated rings. The van der Waals surface area contributed by atoms with E-state index in [9.17, 15) is 8.42 Å². The minimum atomic E-state index is -3.38. The predicted molar refractivity (Wildman–Crippen MR) is 82.6 cm³/mol. The van der Waals surface area contributed by atoms with Crippen LogP contribution in [0.5, 0.6) is 0 Å². The Balaban J connectivity index is 2.22. The van der Waals surface area contributed by atoms with Crippen molar-refractivity contribution in [3.8, 4) is 0 Å². The molecule has 6 nitrogen and oxygen atoms in total. The number of morpholine rings is 1. The molecule has 2 aromatic heterocycles. The molecule has 1 saturated heterocycles. The maximum absolute atomic E-state index is 11.8. The zero-order valence-electron chi connectivity index (χ0n) is 11.8. The molecule has 1 aliphatic heterocycles. The maximum Gasteiger partial charge on any atom is 0.236 e. The van der Waals surface area contributed by atoms with Crippen LogP contribution >= 0.6 is 11.6 Å². The van der Waals surface area contributed by atoms with Crippen LogP contribution in [0.3, 0.4) is 0 Å². The smallest absolute Gasteiger partial charge is 0.236 e. The highest BCUT2D eigenvalue weighted by molar-refractivity contribution is 7.89. The van der Waals surface area contributed by atoms with E-state index in [1.165, 1.54) is 10.2 Å². The Bertz CT molecular complexity index is 787. The van der Waals surface area contributed by atoms with E-state index in [4.69, 9.17) is 16.3 Å². The van der Waals surface area contributed by atoms with Crippen molar-refractivity contribution in [1.29, 1.82) is 0 Å². The summed E-state index contributed by atoms with van der Waals surface area (Å²) >= 11 is 6.09. The molecule has 0 bridgehead atoms. The second kappa shape index (κ2) is 5.15. The lowest BCUT2D eigenvalue weighted by Gasteiger charge is -2.34. The average molecular weight is 330 g/mol. The summed E-state index contributed by atoms with van der Waals surface area (Å²) in [5.74, 6) is 0.704. The minimum absolute atomic E-state index is 0.162. The highest BCUT2D eigenvalue weighted by atomic mass is 35.5. The van der Waals surface area contributed by atoms with Gasteiger partial charge in [0.15, 0.2) is 0 Å². The number of pyridine rings is 1. The molecule has 2 aromatic rings. The molecule has 1 aliphatic rings. The molecular weight excluding hydrogens is 314 g/mol. The van der Waals surface area contributed by atoms with Gasteiger partial charge < -0.3 is 9.64 Å². The Morgan fingerprint density at radius 1 is 1.48 bits per heavy atom. The Kier molecular flexibility index (Phi) is 3.59. The first-order chi connectivity index (χ1) is 9.88. The highest BCUT2D eigenvalue weighted by Crippen LogP contribution is 2.31. The third-order valence-corrected chi connectivity index (χ3v) is 4.82. The van der Waals surface area contributed by atoms with Crippen LogP contribution in [0.2, 0.25) is 5.15 Å². The lowest BCUT2D eigenvalue weighted by atomic mass is 10.2. The quantitative estimate of drug-likeness (QED) is 0.785. The van der Waals surface area contributed by atoms with Gasteiger partial charge in [-0.05, 0) is 13.0 Å². The molecule has 8 heteroatoms. The van der Waals surface area contributed by atoms with Crippen LogP contribution in [0.1, 0.15) is 6.92 Å². The average Bonchev–Trinajstić information content (AvgIpc) is 2.82. The van der Waals surface area contributed by atoms with Crippen molar-refractivity contribution in [2.45, 2.75) is 13.0 Å². The van der Waals surface area contributed by atoms with Gasteiger partial charge >= 0.3 is 0 Å². The Hall–Kier alpha value is -1.31. The normalized spacial score (nSPS) is 20.1. The fraction of sp³-hybridized carbons (Fsp3) is 0.462. The summed E-state index contributed by atoms with van der Waals surface area (Å²) in [7, 11) is -3.38. The van der Waals surface area contributed by atoms with Gasteiger partial charge in [0, 0.05) is 24.2 Å². The molecule has 21 heavy (non-hydrogen) atoms. The molecule has 0 aliphatic carbocycles. The molecule has 0 N–H and O–H groups in total. The van der Waals surface area contributed by atoms with E-state index in [1.54, 1.807) is 12.1 Å². The summed E-state index contributed by atoms with van der Waals surface area (Å²) in [4.78, 5) is 6.50. The van der Waals surface area contributed by atoms with E-state index < -0.39 is 10.0 Å². The molecule has 0 unspecified atom stereocenters. The van der Waals surface area contributed by atoms with Gasteiger partial charge in [0.1, 0.15) is 11.0 Å². The molecule has 114 valence electrons. The first-order valence-corrected chi connectivity index (χ1v) is 8.83. The van der Waals surface area contributed by atoms with Crippen LogP contribution in [0.15, 0.2) is 18.3 Å². The third-order valence-electron chi connectivity index (χ3n) is 3.60. The Morgan fingerprint density at radius 3 is 2.90 bits per heavy atom. The second-order valence-electron chi connectivity index (χ2n) is 5.19. The van der Waals surface area contributed by atoms with Crippen molar-refractivity contribution in [3.05, 3.63) is 23.5 Å². The van der Waals surface area contributed by atoms with Gasteiger partial charge in [-0.2, -0.15) is 0 Å². The van der Waals surface area contributed by atoms with E-state index in [1.807, 2.05) is 6.92 Å². The second-order valence-corrected chi connectivity index (χ2v) is 7.44. The third kappa shape index (κ3) is 2.61. The summed E-state index contributed by atoms with van der Waals surface area (Å²) in [5.41, 5.74) is 0.547. The van der Waals surface area contributed by atoms with Crippen molar-refractivity contribution < 1.29 is 13.2 Å². The topological polar surface area (TPSA) is 64.4 Å². The first kappa shape index (κ1) is 14.6. The summed E-state index contributed by atoms with van der Waals surface area (Å²) in [6, 6.07) is 3.50. The number of hydrogen-bond acceptors (Lipinski definition) is 5. The van der Waals surface area contributed by atoms with Crippen molar-refractivity contribution in [1.82, 2.24) is 8.96 Å². The van der Waals surface area contributed by atoms with Crippen molar-refractivity contribution >= 4 is 38.3 Å². The monoisotopic (exact) mass is 329 g/mol. The number of hydrogen-bond donors (Lipinski definition) is 0. The summed E-state index contributed by atoms with van der Waals surface area (Å²) < 4.78 is 30.3. The van der Waals surface area contributed by atoms with Crippen LogP contribution < -0.4 is 4.90 Å².